The summed E-state index contributed by atoms with van der Waals surface area (Å²) in [5.41, 5.74) is 0. The van der Waals surface area contributed by atoms with Crippen LogP contribution in [0, 0.1) is 0 Å². The molecule has 3 heteroatoms. The molecule has 0 spiro atoms. The first-order valence-corrected chi connectivity index (χ1v) is 7.31. The van der Waals surface area contributed by atoms with Gasteiger partial charge in [0.1, 0.15) is 0 Å². The lowest BCUT2D eigenvalue weighted by Crippen LogP contribution is -1.91. The van der Waals surface area contributed by atoms with Crippen LogP contribution in [0.2, 0.25) is 0 Å². The summed E-state index contributed by atoms with van der Waals surface area (Å²) in [5, 5.41) is 3.50. The summed E-state index contributed by atoms with van der Waals surface area (Å²) in [6.07, 6.45) is 0. The van der Waals surface area contributed by atoms with Crippen molar-refractivity contribution in [2.75, 3.05) is 0 Å². The first-order chi connectivity index (χ1) is 8.84. The van der Waals surface area contributed by atoms with E-state index < -0.39 is 0 Å². The number of benzene rings is 2. The van der Waals surface area contributed by atoms with Crippen LogP contribution in [-0.2, 0) is 0 Å². The average molecular weight is 268 g/mol. The summed E-state index contributed by atoms with van der Waals surface area (Å²) in [7, 11) is 0. The molecule has 86 valence electrons. The normalized spacial score (nSPS) is 11.6. The Hall–Kier alpha value is -1.71. The van der Waals surface area contributed by atoms with Gasteiger partial charge in [0.05, 0.1) is 4.70 Å². The molecule has 0 amide bonds. The number of hydrogen-bond acceptors (Lipinski definition) is 3. The van der Waals surface area contributed by atoms with E-state index in [0.29, 0.717) is 0 Å². The van der Waals surface area contributed by atoms with Crippen molar-refractivity contribution in [3.63, 3.8) is 0 Å². The summed E-state index contributed by atoms with van der Waals surface area (Å²) in [5.74, 6) is 0. The molecule has 0 radical (unpaired) electrons. The molecule has 18 heavy (non-hydrogen) atoms. The summed E-state index contributed by atoms with van der Waals surface area (Å²) in [6, 6.07) is 16.4. The van der Waals surface area contributed by atoms with Gasteiger partial charge in [-0.15, -0.1) is 11.3 Å². The van der Waals surface area contributed by atoms with Gasteiger partial charge in [0, 0.05) is 25.6 Å². The maximum atomic E-state index is 12.2. The monoisotopic (exact) mass is 268 g/mol. The van der Waals surface area contributed by atoms with Gasteiger partial charge in [0.15, 0.2) is 0 Å². The lowest BCUT2D eigenvalue weighted by molar-refractivity contribution is 1.85. The number of fused-ring (bicyclic) bond motifs is 5. The Balaban J connectivity index is 2.45. The van der Waals surface area contributed by atoms with Crippen LogP contribution in [0.15, 0.2) is 53.3 Å². The van der Waals surface area contributed by atoms with Crippen molar-refractivity contribution in [1.29, 1.82) is 0 Å². The topological polar surface area (TPSA) is 17.1 Å². The molecule has 0 aliphatic rings. The second-order valence-electron chi connectivity index (χ2n) is 4.19. The summed E-state index contributed by atoms with van der Waals surface area (Å²) < 4.78 is 3.32. The number of thiophene rings is 1. The van der Waals surface area contributed by atoms with E-state index in [2.05, 4.69) is 18.2 Å². The molecule has 0 saturated heterocycles. The Morgan fingerprint density at radius 3 is 1.94 bits per heavy atom. The van der Waals surface area contributed by atoms with E-state index in [1.165, 1.54) is 26.8 Å². The van der Waals surface area contributed by atoms with Gasteiger partial charge < -0.3 is 0 Å². The maximum absolute atomic E-state index is 12.2. The fraction of sp³-hybridized carbons (Fsp3) is 0. The van der Waals surface area contributed by atoms with E-state index in [4.69, 9.17) is 0 Å². The van der Waals surface area contributed by atoms with Crippen molar-refractivity contribution >= 4 is 52.9 Å². The van der Waals surface area contributed by atoms with E-state index in [1.54, 1.807) is 11.3 Å². The minimum absolute atomic E-state index is 0.171. The number of rotatable bonds is 0. The van der Waals surface area contributed by atoms with Crippen molar-refractivity contribution < 1.29 is 0 Å². The zero-order chi connectivity index (χ0) is 12.1. The van der Waals surface area contributed by atoms with Gasteiger partial charge in [-0.1, -0.05) is 47.7 Å². The van der Waals surface area contributed by atoms with Crippen molar-refractivity contribution in [2.45, 2.75) is 0 Å². The first kappa shape index (κ1) is 10.2. The molecule has 0 aliphatic carbocycles. The molecule has 1 nitrogen and oxygen atoms in total. The zero-order valence-corrected chi connectivity index (χ0v) is 11.0. The molecule has 0 N–H and O–H groups in total. The molecule has 2 aromatic carbocycles. The molecule has 0 aliphatic heterocycles. The minimum Gasteiger partial charge on any atom is -0.276 e. The fourth-order valence-corrected chi connectivity index (χ4v) is 4.49. The van der Waals surface area contributed by atoms with Gasteiger partial charge in [-0.3, -0.25) is 4.79 Å². The van der Waals surface area contributed by atoms with Crippen LogP contribution in [-0.4, -0.2) is 0 Å². The van der Waals surface area contributed by atoms with Gasteiger partial charge in [0.25, 0.3) is 4.74 Å². The smallest absolute Gasteiger partial charge is 0.250 e. The van der Waals surface area contributed by atoms with Crippen LogP contribution >= 0.6 is 22.7 Å². The quantitative estimate of drug-likeness (QED) is 0.454. The lowest BCUT2D eigenvalue weighted by Gasteiger charge is -1.98. The molecule has 2 heterocycles. The average Bonchev–Trinajstić information content (AvgIpc) is 2.79. The molecule has 2 aromatic heterocycles. The molecule has 0 bridgehead atoms. The predicted octanol–water partition coefficient (Wildman–Crippen LogP) is 4.63. The molecule has 0 atom stereocenters. The SMILES string of the molecule is O=c1sc2ccccc2c2c1sc1ccccc12. The molecule has 4 aromatic rings. The van der Waals surface area contributed by atoms with Gasteiger partial charge >= 0.3 is 0 Å². The van der Waals surface area contributed by atoms with Crippen LogP contribution < -0.4 is 4.74 Å². The Morgan fingerprint density at radius 2 is 1.28 bits per heavy atom. The summed E-state index contributed by atoms with van der Waals surface area (Å²) in [4.78, 5) is 12.2. The third kappa shape index (κ3) is 1.29. The third-order valence-corrected chi connectivity index (χ3v) is 5.40. The highest BCUT2D eigenvalue weighted by Gasteiger charge is 2.11. The fourth-order valence-electron chi connectivity index (χ4n) is 2.36. The largest absolute Gasteiger partial charge is 0.276 e. The number of hydrogen-bond donors (Lipinski definition) is 0. The van der Waals surface area contributed by atoms with Crippen LogP contribution in [0.4, 0.5) is 0 Å². The Kier molecular flexibility index (Phi) is 2.07. The standard InChI is InChI=1S/C15H8OS2/c16-15-14-13(9-5-1-3-7-11(9)17-14)10-6-2-4-8-12(10)18-15/h1-8H. The minimum atomic E-state index is 0.171. The Bertz CT molecular complexity index is 947. The summed E-state index contributed by atoms with van der Waals surface area (Å²) in [6.45, 7) is 0. The molecular weight excluding hydrogens is 260 g/mol. The first-order valence-electron chi connectivity index (χ1n) is 5.68. The molecule has 0 unspecified atom stereocenters. The predicted molar refractivity (Wildman–Crippen MR) is 81.0 cm³/mol. The van der Waals surface area contributed by atoms with Crippen molar-refractivity contribution in [3.8, 4) is 0 Å². The van der Waals surface area contributed by atoms with E-state index >= 15 is 0 Å². The van der Waals surface area contributed by atoms with Gasteiger partial charge in [0.2, 0.25) is 0 Å². The van der Waals surface area contributed by atoms with Crippen LogP contribution in [0.25, 0.3) is 30.3 Å². The molecule has 0 saturated carbocycles. The van der Waals surface area contributed by atoms with Gasteiger partial charge in [-0.25, -0.2) is 0 Å². The van der Waals surface area contributed by atoms with Crippen molar-refractivity contribution in [2.24, 2.45) is 0 Å². The van der Waals surface area contributed by atoms with Crippen molar-refractivity contribution in [3.05, 3.63) is 58.1 Å². The summed E-state index contributed by atoms with van der Waals surface area (Å²) >= 11 is 2.94. The van der Waals surface area contributed by atoms with E-state index in [0.717, 1.165) is 14.8 Å². The van der Waals surface area contributed by atoms with Gasteiger partial charge in [-0.05, 0) is 12.1 Å². The molecule has 0 fully saturated rings. The van der Waals surface area contributed by atoms with Crippen LogP contribution in [0.5, 0.6) is 0 Å². The highest BCUT2D eigenvalue weighted by molar-refractivity contribution is 7.28. The van der Waals surface area contributed by atoms with Gasteiger partial charge in [-0.2, -0.15) is 0 Å². The maximum Gasteiger partial charge on any atom is 0.250 e. The molecular formula is C15H8OS2. The Morgan fingerprint density at radius 1 is 0.722 bits per heavy atom. The van der Waals surface area contributed by atoms with E-state index in [9.17, 15) is 4.79 Å². The highest BCUT2D eigenvalue weighted by Crippen LogP contribution is 2.37. The van der Waals surface area contributed by atoms with E-state index in [1.807, 2.05) is 30.3 Å². The zero-order valence-electron chi connectivity index (χ0n) is 9.34. The lowest BCUT2D eigenvalue weighted by atomic mass is 10.1. The molecule has 4 rings (SSSR count). The van der Waals surface area contributed by atoms with Crippen LogP contribution in [0.3, 0.4) is 0 Å². The second kappa shape index (κ2) is 3.64. The highest BCUT2D eigenvalue weighted by atomic mass is 32.1. The second-order valence-corrected chi connectivity index (χ2v) is 6.25. The van der Waals surface area contributed by atoms with Crippen LogP contribution in [0.1, 0.15) is 0 Å². The van der Waals surface area contributed by atoms with E-state index in [-0.39, 0.29) is 4.74 Å². The Labute approximate surface area is 111 Å². The third-order valence-electron chi connectivity index (χ3n) is 3.14. The van der Waals surface area contributed by atoms with Crippen molar-refractivity contribution in [1.82, 2.24) is 0 Å².